The van der Waals surface area contributed by atoms with Crippen LogP contribution in [0.25, 0.3) is 0 Å². The molecule has 0 amide bonds. The Morgan fingerprint density at radius 1 is 1.12 bits per heavy atom. The molecule has 0 aliphatic carbocycles. The molecule has 0 aromatic carbocycles. The van der Waals surface area contributed by atoms with Crippen LogP contribution in [0.2, 0.25) is 0 Å². The molecule has 1 fully saturated rings. The molecule has 1 aromatic heterocycles. The monoisotopic (exact) mass is 219 g/mol. The fourth-order valence-electron chi connectivity index (χ4n) is 1.97. The fourth-order valence-corrected chi connectivity index (χ4v) is 1.97. The van der Waals surface area contributed by atoms with Crippen molar-refractivity contribution in [2.24, 2.45) is 0 Å². The van der Waals surface area contributed by atoms with Gasteiger partial charge in [0.05, 0.1) is 0 Å². The van der Waals surface area contributed by atoms with Crippen molar-refractivity contribution in [2.45, 2.75) is 19.8 Å². The molecule has 2 heterocycles. The third-order valence-electron chi connectivity index (χ3n) is 3.17. The van der Waals surface area contributed by atoms with Crippen LogP contribution in [-0.2, 0) is 0 Å². The molecule has 0 atom stereocenters. The maximum atomic E-state index is 4.73. The van der Waals surface area contributed by atoms with Gasteiger partial charge >= 0.3 is 0 Å². The summed E-state index contributed by atoms with van der Waals surface area (Å²) in [6.45, 7) is 8.82. The van der Waals surface area contributed by atoms with E-state index in [1.807, 2.05) is 0 Å². The zero-order valence-electron chi connectivity index (χ0n) is 10.5. The van der Waals surface area contributed by atoms with Gasteiger partial charge in [0.15, 0.2) is 0 Å². The molecule has 2 rings (SSSR count). The maximum absolute atomic E-state index is 4.73. The number of rotatable bonds is 2. The average molecular weight is 219 g/mol. The number of hydrogen-bond acceptors (Lipinski definition) is 3. The first-order valence-corrected chi connectivity index (χ1v) is 6.07. The second kappa shape index (κ2) is 4.83. The van der Waals surface area contributed by atoms with Crippen LogP contribution in [0.4, 0.5) is 5.82 Å². The van der Waals surface area contributed by atoms with Crippen molar-refractivity contribution in [1.29, 1.82) is 0 Å². The van der Waals surface area contributed by atoms with Crippen molar-refractivity contribution in [3.63, 3.8) is 0 Å². The minimum absolute atomic E-state index is 0.507. The summed E-state index contributed by atoms with van der Waals surface area (Å²) in [6.07, 6.45) is 0. The molecule has 1 aliphatic rings. The second-order valence-corrected chi connectivity index (χ2v) is 4.87. The van der Waals surface area contributed by atoms with Gasteiger partial charge in [0, 0.05) is 31.9 Å². The number of hydrogen-bond donors (Lipinski definition) is 0. The number of nitrogens with zero attached hydrogens (tertiary/aromatic N) is 3. The Hall–Kier alpha value is -1.09. The van der Waals surface area contributed by atoms with Crippen molar-refractivity contribution in [1.82, 2.24) is 9.88 Å². The lowest BCUT2D eigenvalue weighted by Crippen LogP contribution is -2.44. The normalized spacial score (nSPS) is 18.1. The summed E-state index contributed by atoms with van der Waals surface area (Å²) in [6, 6.07) is 6.36. The molecule has 88 valence electrons. The van der Waals surface area contributed by atoms with E-state index < -0.39 is 0 Å². The molecule has 16 heavy (non-hydrogen) atoms. The molecule has 0 N–H and O–H groups in total. The van der Waals surface area contributed by atoms with E-state index in [0.29, 0.717) is 5.92 Å². The van der Waals surface area contributed by atoms with Crippen LogP contribution in [0.1, 0.15) is 25.5 Å². The van der Waals surface area contributed by atoms with E-state index in [4.69, 9.17) is 4.98 Å². The van der Waals surface area contributed by atoms with Crippen molar-refractivity contribution in [2.75, 3.05) is 38.1 Å². The Labute approximate surface area is 98.1 Å². The van der Waals surface area contributed by atoms with Gasteiger partial charge in [0.25, 0.3) is 0 Å². The van der Waals surface area contributed by atoms with E-state index >= 15 is 0 Å². The predicted octanol–water partition coefficient (Wildman–Crippen LogP) is 1.96. The summed E-state index contributed by atoms with van der Waals surface area (Å²) in [5.74, 6) is 1.65. The third-order valence-corrected chi connectivity index (χ3v) is 3.17. The molecule has 3 nitrogen and oxygen atoms in total. The minimum Gasteiger partial charge on any atom is -0.354 e. The van der Waals surface area contributed by atoms with E-state index in [2.05, 4.69) is 48.9 Å². The molecule has 1 aliphatic heterocycles. The molecule has 3 heteroatoms. The fraction of sp³-hybridized carbons (Fsp3) is 0.615. The third kappa shape index (κ3) is 2.53. The summed E-state index contributed by atoms with van der Waals surface area (Å²) in [4.78, 5) is 9.47. The summed E-state index contributed by atoms with van der Waals surface area (Å²) in [7, 11) is 2.18. The van der Waals surface area contributed by atoms with Crippen molar-refractivity contribution < 1.29 is 0 Å². The minimum atomic E-state index is 0.507. The topological polar surface area (TPSA) is 19.4 Å². The number of pyridine rings is 1. The van der Waals surface area contributed by atoms with E-state index in [1.165, 1.54) is 5.69 Å². The second-order valence-electron chi connectivity index (χ2n) is 4.87. The standard InChI is InChI=1S/C13H21N3/c1-11(2)12-5-4-6-13(14-12)16-9-7-15(3)8-10-16/h4-6,11H,7-10H2,1-3H3. The SMILES string of the molecule is CC(C)c1cccc(N2CCN(C)CC2)n1. The Morgan fingerprint density at radius 3 is 2.44 bits per heavy atom. The smallest absolute Gasteiger partial charge is 0.128 e. The van der Waals surface area contributed by atoms with Crippen LogP contribution in [0, 0.1) is 0 Å². The van der Waals surface area contributed by atoms with Gasteiger partial charge in [-0.1, -0.05) is 19.9 Å². The summed E-state index contributed by atoms with van der Waals surface area (Å²) in [5, 5.41) is 0. The van der Waals surface area contributed by atoms with Crippen LogP contribution in [0.15, 0.2) is 18.2 Å². The highest BCUT2D eigenvalue weighted by molar-refractivity contribution is 5.40. The molecular formula is C13H21N3. The molecule has 0 radical (unpaired) electrons. The summed E-state index contributed by atoms with van der Waals surface area (Å²) >= 11 is 0. The van der Waals surface area contributed by atoms with Gasteiger partial charge in [0.1, 0.15) is 5.82 Å². The highest BCUT2D eigenvalue weighted by atomic mass is 15.3. The Morgan fingerprint density at radius 2 is 1.81 bits per heavy atom. The quantitative estimate of drug-likeness (QED) is 0.758. The van der Waals surface area contributed by atoms with Gasteiger partial charge < -0.3 is 9.80 Å². The van der Waals surface area contributed by atoms with Gasteiger partial charge in [-0.05, 0) is 25.1 Å². The van der Waals surface area contributed by atoms with Gasteiger partial charge in [0.2, 0.25) is 0 Å². The van der Waals surface area contributed by atoms with Crippen LogP contribution >= 0.6 is 0 Å². The number of likely N-dealkylation sites (N-methyl/N-ethyl adjacent to an activating group) is 1. The summed E-state index contributed by atoms with van der Waals surface area (Å²) < 4.78 is 0. The van der Waals surface area contributed by atoms with E-state index in [-0.39, 0.29) is 0 Å². The number of anilines is 1. The lowest BCUT2D eigenvalue weighted by atomic mass is 10.1. The van der Waals surface area contributed by atoms with Crippen LogP contribution < -0.4 is 4.90 Å². The van der Waals surface area contributed by atoms with E-state index in [9.17, 15) is 0 Å². The largest absolute Gasteiger partial charge is 0.354 e. The van der Waals surface area contributed by atoms with Gasteiger partial charge in [-0.3, -0.25) is 0 Å². The Balaban J connectivity index is 2.11. The summed E-state index contributed by atoms with van der Waals surface area (Å²) in [5.41, 5.74) is 1.19. The highest BCUT2D eigenvalue weighted by Crippen LogP contribution is 2.18. The van der Waals surface area contributed by atoms with Crippen LogP contribution in [0.3, 0.4) is 0 Å². The van der Waals surface area contributed by atoms with Crippen molar-refractivity contribution >= 4 is 5.82 Å². The first-order chi connectivity index (χ1) is 7.66. The first-order valence-electron chi connectivity index (χ1n) is 6.07. The number of piperazine rings is 1. The Bertz CT molecular complexity index is 341. The van der Waals surface area contributed by atoms with Gasteiger partial charge in [-0.25, -0.2) is 4.98 Å². The zero-order chi connectivity index (χ0) is 11.5. The van der Waals surface area contributed by atoms with Gasteiger partial charge in [-0.2, -0.15) is 0 Å². The van der Waals surface area contributed by atoms with E-state index in [0.717, 1.165) is 32.0 Å². The molecule has 0 unspecified atom stereocenters. The lowest BCUT2D eigenvalue weighted by Gasteiger charge is -2.33. The zero-order valence-corrected chi connectivity index (χ0v) is 10.5. The lowest BCUT2D eigenvalue weighted by molar-refractivity contribution is 0.312. The number of aromatic nitrogens is 1. The van der Waals surface area contributed by atoms with Gasteiger partial charge in [-0.15, -0.1) is 0 Å². The average Bonchev–Trinajstić information content (AvgIpc) is 2.30. The van der Waals surface area contributed by atoms with Crippen molar-refractivity contribution in [3.05, 3.63) is 23.9 Å². The first kappa shape index (κ1) is 11.4. The molecule has 0 bridgehead atoms. The maximum Gasteiger partial charge on any atom is 0.128 e. The Kier molecular flexibility index (Phi) is 3.44. The van der Waals surface area contributed by atoms with Crippen molar-refractivity contribution in [3.8, 4) is 0 Å². The molecular weight excluding hydrogens is 198 g/mol. The molecule has 0 spiro atoms. The van der Waals surface area contributed by atoms with E-state index in [1.54, 1.807) is 0 Å². The highest BCUT2D eigenvalue weighted by Gasteiger charge is 2.15. The van der Waals surface area contributed by atoms with Crippen LogP contribution in [0.5, 0.6) is 0 Å². The molecule has 1 saturated heterocycles. The molecule has 1 aromatic rings. The van der Waals surface area contributed by atoms with Crippen LogP contribution in [-0.4, -0.2) is 43.1 Å². The predicted molar refractivity (Wildman–Crippen MR) is 68.0 cm³/mol. The molecule has 0 saturated carbocycles.